The molecule has 0 bridgehead atoms. The summed E-state index contributed by atoms with van der Waals surface area (Å²) in [7, 11) is 0. The van der Waals surface area contributed by atoms with Crippen LogP contribution in [0.2, 0.25) is 0 Å². The minimum absolute atomic E-state index is 1.10. The highest BCUT2D eigenvalue weighted by atomic mass is 32.1. The van der Waals surface area contributed by atoms with Crippen LogP contribution in [0.25, 0.3) is 53.9 Å². The van der Waals surface area contributed by atoms with Gasteiger partial charge in [-0.2, -0.15) is 0 Å². The van der Waals surface area contributed by atoms with Gasteiger partial charge in [0, 0.05) is 53.3 Å². The Morgan fingerprint density at radius 2 is 0.650 bits per heavy atom. The maximum Gasteiger partial charge on any atom is 0.0540 e. The van der Waals surface area contributed by atoms with Crippen molar-refractivity contribution in [2.24, 2.45) is 0 Å². The van der Waals surface area contributed by atoms with E-state index in [1.54, 1.807) is 0 Å². The summed E-state index contributed by atoms with van der Waals surface area (Å²) in [6, 6.07) is 79.4. The van der Waals surface area contributed by atoms with E-state index in [0.717, 1.165) is 34.1 Å². The maximum atomic E-state index is 2.38. The summed E-state index contributed by atoms with van der Waals surface area (Å²) in [5, 5.41) is 2.44. The van der Waals surface area contributed by atoms with Crippen molar-refractivity contribution in [3.63, 3.8) is 0 Å². The molecule has 2 heterocycles. The van der Waals surface area contributed by atoms with Gasteiger partial charge in [0.1, 0.15) is 0 Å². The van der Waals surface area contributed by atoms with Gasteiger partial charge in [0.25, 0.3) is 0 Å². The normalized spacial score (nSPS) is 11.2. The zero-order valence-electron chi connectivity index (χ0n) is 33.5. The molecule has 0 atom stereocenters. The Morgan fingerprint density at radius 3 is 1.08 bits per heavy atom. The first-order valence-electron chi connectivity index (χ1n) is 20.3. The van der Waals surface area contributed by atoms with Crippen LogP contribution in [0.4, 0.5) is 34.1 Å². The lowest BCUT2D eigenvalue weighted by atomic mass is 10.0. The molecule has 0 saturated heterocycles. The molecule has 0 aliphatic rings. The van der Waals surface area contributed by atoms with Crippen molar-refractivity contribution in [2.75, 3.05) is 9.80 Å². The van der Waals surface area contributed by atoms with E-state index in [2.05, 4.69) is 242 Å². The number of fused-ring (bicyclic) bond motifs is 1. The average Bonchev–Trinajstić information content (AvgIpc) is 3.96. The highest BCUT2D eigenvalue weighted by Crippen LogP contribution is 2.42. The predicted octanol–water partition coefficient (Wildman–Crippen LogP) is 17.2. The van der Waals surface area contributed by atoms with Gasteiger partial charge in [0.15, 0.2) is 0 Å². The minimum Gasteiger partial charge on any atom is -0.311 e. The molecule has 0 aliphatic carbocycles. The van der Waals surface area contributed by atoms with E-state index in [-0.39, 0.29) is 0 Å². The Hall–Kier alpha value is -6.98. The number of rotatable bonds is 10. The lowest BCUT2D eigenvalue weighted by molar-refractivity contribution is 1.28. The van der Waals surface area contributed by atoms with Gasteiger partial charge in [0.05, 0.1) is 5.69 Å². The van der Waals surface area contributed by atoms with Crippen LogP contribution in [0, 0.1) is 13.8 Å². The quantitative estimate of drug-likeness (QED) is 0.136. The molecule has 0 fully saturated rings. The Bertz CT molecular complexity index is 3010. The standard InChI is InChI=1S/C56H42N2S2/c1-39-15-37-55(59-39)46-23-33-50(34-24-46)57(48-27-17-42(18-28-48)41-9-4-3-5-10-41)49-29-19-43(20-30-49)44-21-31-51(32-22-44)58(54-14-8-12-45-11-6-7-13-53(45)54)52-35-25-47(26-36-52)56-38-16-40(2)60-56/h3-38H,1-2H3. The average molecular weight is 807 g/mol. The summed E-state index contributed by atoms with van der Waals surface area (Å²) in [6.45, 7) is 4.33. The van der Waals surface area contributed by atoms with Crippen molar-refractivity contribution < 1.29 is 0 Å². The molecule has 0 unspecified atom stereocenters. The second-order valence-corrected chi connectivity index (χ2v) is 17.7. The number of hydrogen-bond donors (Lipinski definition) is 0. The second-order valence-electron chi connectivity index (χ2n) is 15.1. The predicted molar refractivity (Wildman–Crippen MR) is 260 cm³/mol. The van der Waals surface area contributed by atoms with E-state index in [1.807, 2.05) is 22.7 Å². The molecular formula is C56H42N2S2. The Kier molecular flexibility index (Phi) is 10.2. The van der Waals surface area contributed by atoms with E-state index in [4.69, 9.17) is 0 Å². The van der Waals surface area contributed by atoms with Gasteiger partial charge in [-0.3, -0.25) is 0 Å². The fraction of sp³-hybridized carbons (Fsp3) is 0.0357. The summed E-state index contributed by atoms with van der Waals surface area (Å²) in [4.78, 5) is 9.94. The van der Waals surface area contributed by atoms with Crippen molar-refractivity contribution in [3.8, 4) is 43.1 Å². The highest BCUT2D eigenvalue weighted by molar-refractivity contribution is 7.15. The number of benzene rings is 8. The number of hydrogen-bond acceptors (Lipinski definition) is 4. The molecule has 0 spiro atoms. The van der Waals surface area contributed by atoms with Crippen LogP contribution in [0.5, 0.6) is 0 Å². The van der Waals surface area contributed by atoms with E-state index in [1.165, 1.54) is 63.7 Å². The van der Waals surface area contributed by atoms with Gasteiger partial charge in [-0.25, -0.2) is 0 Å². The molecular weight excluding hydrogens is 765 g/mol. The van der Waals surface area contributed by atoms with Crippen LogP contribution in [0.1, 0.15) is 9.75 Å². The molecule has 2 nitrogen and oxygen atoms in total. The molecule has 4 heteroatoms. The minimum atomic E-state index is 1.10. The molecule has 0 aliphatic heterocycles. The van der Waals surface area contributed by atoms with Crippen LogP contribution in [0.3, 0.4) is 0 Å². The van der Waals surface area contributed by atoms with Gasteiger partial charge >= 0.3 is 0 Å². The first kappa shape index (κ1) is 37.3. The third kappa shape index (κ3) is 7.55. The monoisotopic (exact) mass is 806 g/mol. The lowest BCUT2D eigenvalue weighted by Gasteiger charge is -2.27. The SMILES string of the molecule is Cc1ccc(-c2ccc(N(c3ccc(-c4ccccc4)cc3)c3ccc(-c4ccc(N(c5ccc(-c6ccc(C)s6)cc5)c5cccc6ccccc56)cc4)cc3)cc2)s1. The van der Waals surface area contributed by atoms with Crippen LogP contribution in [-0.4, -0.2) is 0 Å². The largest absolute Gasteiger partial charge is 0.311 e. The number of nitrogens with zero attached hydrogens (tertiary/aromatic N) is 2. The van der Waals surface area contributed by atoms with Gasteiger partial charge < -0.3 is 9.80 Å². The first-order valence-corrected chi connectivity index (χ1v) is 22.0. The van der Waals surface area contributed by atoms with E-state index >= 15 is 0 Å². The highest BCUT2D eigenvalue weighted by Gasteiger charge is 2.17. The molecule has 0 saturated carbocycles. The van der Waals surface area contributed by atoms with Crippen molar-refractivity contribution >= 4 is 67.6 Å². The zero-order chi connectivity index (χ0) is 40.4. The summed E-state index contributed by atoms with van der Waals surface area (Å²) in [5.41, 5.74) is 13.9. The topological polar surface area (TPSA) is 6.48 Å². The fourth-order valence-electron chi connectivity index (χ4n) is 8.05. The molecule has 60 heavy (non-hydrogen) atoms. The fourth-order valence-corrected chi connectivity index (χ4v) is 9.79. The van der Waals surface area contributed by atoms with Crippen molar-refractivity contribution in [2.45, 2.75) is 13.8 Å². The van der Waals surface area contributed by atoms with Crippen LogP contribution in [-0.2, 0) is 0 Å². The summed E-state index contributed by atoms with van der Waals surface area (Å²) in [5.74, 6) is 0. The zero-order valence-corrected chi connectivity index (χ0v) is 35.1. The van der Waals surface area contributed by atoms with Crippen LogP contribution in [0.15, 0.2) is 218 Å². The number of anilines is 6. The molecule has 10 aromatic rings. The summed E-state index contributed by atoms with van der Waals surface area (Å²) >= 11 is 3.66. The molecule has 2 aromatic heterocycles. The molecule has 10 rings (SSSR count). The van der Waals surface area contributed by atoms with Gasteiger partial charge in [-0.15, -0.1) is 22.7 Å². The third-order valence-corrected chi connectivity index (χ3v) is 13.2. The summed E-state index contributed by atoms with van der Waals surface area (Å²) < 4.78 is 0. The second kappa shape index (κ2) is 16.3. The molecule has 288 valence electrons. The molecule has 0 N–H and O–H groups in total. The third-order valence-electron chi connectivity index (χ3n) is 11.1. The van der Waals surface area contributed by atoms with Gasteiger partial charge in [-0.1, -0.05) is 127 Å². The van der Waals surface area contributed by atoms with Crippen LogP contribution >= 0.6 is 22.7 Å². The molecule has 8 aromatic carbocycles. The van der Waals surface area contributed by atoms with Crippen molar-refractivity contribution in [1.29, 1.82) is 0 Å². The van der Waals surface area contributed by atoms with E-state index in [9.17, 15) is 0 Å². The first-order chi connectivity index (χ1) is 29.5. The molecule has 0 amide bonds. The van der Waals surface area contributed by atoms with Crippen molar-refractivity contribution in [1.82, 2.24) is 0 Å². The Balaban J connectivity index is 0.979. The van der Waals surface area contributed by atoms with E-state index in [0.29, 0.717) is 0 Å². The smallest absolute Gasteiger partial charge is 0.0540 e. The Labute approximate surface area is 360 Å². The lowest BCUT2D eigenvalue weighted by Crippen LogP contribution is -2.10. The summed E-state index contributed by atoms with van der Waals surface area (Å²) in [6.07, 6.45) is 0. The van der Waals surface area contributed by atoms with Crippen molar-refractivity contribution in [3.05, 3.63) is 228 Å². The Morgan fingerprint density at radius 1 is 0.283 bits per heavy atom. The number of aryl methyl sites for hydroxylation is 2. The van der Waals surface area contributed by atoms with E-state index < -0.39 is 0 Å². The van der Waals surface area contributed by atoms with Crippen LogP contribution < -0.4 is 9.80 Å². The number of thiophene rings is 2. The maximum absolute atomic E-state index is 2.38. The molecule has 0 radical (unpaired) electrons. The van der Waals surface area contributed by atoms with Gasteiger partial charge in [-0.05, 0) is 144 Å². The van der Waals surface area contributed by atoms with Gasteiger partial charge in [0.2, 0.25) is 0 Å².